The van der Waals surface area contributed by atoms with Crippen molar-refractivity contribution in [1.82, 2.24) is 15.6 Å². The minimum Gasteiger partial charge on any atom is -0.477 e. The molecule has 0 aliphatic carbocycles. The maximum atomic E-state index is 12.0. The maximum Gasteiger partial charge on any atom is 0.344 e. The average molecular weight is 295 g/mol. The van der Waals surface area contributed by atoms with E-state index in [0.717, 1.165) is 0 Å². The summed E-state index contributed by atoms with van der Waals surface area (Å²) in [5.74, 6) is -1.36. The molecular weight excluding hydrogens is 278 g/mol. The molecular formula is C13H17N3O5. The van der Waals surface area contributed by atoms with Gasteiger partial charge in [0, 0.05) is 13.2 Å². The average Bonchev–Trinajstić information content (AvgIpc) is 2.47. The summed E-state index contributed by atoms with van der Waals surface area (Å²) in [6, 6.07) is 2.34. The van der Waals surface area contributed by atoms with E-state index >= 15 is 0 Å². The van der Waals surface area contributed by atoms with E-state index in [1.54, 1.807) is 13.0 Å². The van der Waals surface area contributed by atoms with Gasteiger partial charge in [0.05, 0.1) is 6.61 Å². The van der Waals surface area contributed by atoms with Gasteiger partial charge in [-0.05, 0) is 26.0 Å². The van der Waals surface area contributed by atoms with Crippen LogP contribution in [0.3, 0.4) is 0 Å². The van der Waals surface area contributed by atoms with Crippen molar-refractivity contribution in [2.24, 2.45) is 0 Å². The number of hydrogen-bond donors (Lipinski definition) is 2. The van der Waals surface area contributed by atoms with Crippen molar-refractivity contribution >= 4 is 17.9 Å². The zero-order valence-electron chi connectivity index (χ0n) is 12.0. The van der Waals surface area contributed by atoms with Crippen molar-refractivity contribution in [3.63, 3.8) is 0 Å². The van der Waals surface area contributed by atoms with E-state index in [2.05, 4.69) is 10.3 Å². The van der Waals surface area contributed by atoms with Gasteiger partial charge >= 0.3 is 12.0 Å². The Balaban J connectivity index is 2.72. The van der Waals surface area contributed by atoms with Gasteiger partial charge in [0.25, 0.3) is 5.91 Å². The fourth-order valence-electron chi connectivity index (χ4n) is 1.35. The molecule has 0 saturated heterocycles. The van der Waals surface area contributed by atoms with E-state index in [1.807, 2.05) is 5.32 Å². The van der Waals surface area contributed by atoms with Crippen LogP contribution in [-0.2, 0) is 9.53 Å². The Kier molecular flexibility index (Phi) is 6.12. The molecule has 0 aromatic carbocycles. The summed E-state index contributed by atoms with van der Waals surface area (Å²) in [7, 11) is 1.36. The van der Waals surface area contributed by atoms with Crippen molar-refractivity contribution in [2.45, 2.75) is 20.0 Å². The van der Waals surface area contributed by atoms with Crippen molar-refractivity contribution < 1.29 is 23.9 Å². The molecule has 1 rings (SSSR count). The third-order valence-corrected chi connectivity index (χ3v) is 2.39. The molecule has 2 N–H and O–H groups in total. The zero-order valence-corrected chi connectivity index (χ0v) is 12.0. The summed E-state index contributed by atoms with van der Waals surface area (Å²) in [4.78, 5) is 38.5. The number of amides is 3. The molecule has 0 spiro atoms. The molecule has 21 heavy (non-hydrogen) atoms. The van der Waals surface area contributed by atoms with Gasteiger partial charge in [-0.1, -0.05) is 0 Å². The second-order valence-electron chi connectivity index (χ2n) is 3.91. The molecule has 1 aromatic heterocycles. The number of pyridine rings is 1. The first kappa shape index (κ1) is 16.4. The highest BCUT2D eigenvalue weighted by atomic mass is 16.6. The van der Waals surface area contributed by atoms with Gasteiger partial charge in [-0.25, -0.2) is 14.6 Å². The Morgan fingerprint density at radius 2 is 2.10 bits per heavy atom. The van der Waals surface area contributed by atoms with Gasteiger partial charge in [0.2, 0.25) is 5.88 Å². The van der Waals surface area contributed by atoms with Gasteiger partial charge in [-0.15, -0.1) is 0 Å². The number of rotatable bonds is 5. The molecule has 0 aliphatic heterocycles. The Morgan fingerprint density at radius 3 is 2.71 bits per heavy atom. The number of nitrogens with one attached hydrogen (secondary N) is 2. The first-order valence-corrected chi connectivity index (χ1v) is 6.31. The molecule has 0 bridgehead atoms. The Morgan fingerprint density at radius 1 is 1.38 bits per heavy atom. The van der Waals surface area contributed by atoms with Crippen molar-refractivity contribution in [2.75, 3.05) is 13.7 Å². The van der Waals surface area contributed by atoms with Crippen LogP contribution in [0.5, 0.6) is 5.88 Å². The molecule has 3 amide bonds. The lowest BCUT2D eigenvalue weighted by Gasteiger charge is -2.13. The second kappa shape index (κ2) is 7.83. The van der Waals surface area contributed by atoms with Crippen LogP contribution in [0, 0.1) is 0 Å². The number of hydrogen-bond acceptors (Lipinski definition) is 6. The lowest BCUT2D eigenvalue weighted by atomic mass is 10.2. The van der Waals surface area contributed by atoms with Crippen LogP contribution in [0.4, 0.5) is 4.79 Å². The van der Waals surface area contributed by atoms with Crippen LogP contribution in [0.1, 0.15) is 24.2 Å². The van der Waals surface area contributed by atoms with E-state index < -0.39 is 24.0 Å². The predicted molar refractivity (Wildman–Crippen MR) is 72.9 cm³/mol. The van der Waals surface area contributed by atoms with E-state index in [-0.39, 0.29) is 11.4 Å². The molecule has 8 nitrogen and oxygen atoms in total. The van der Waals surface area contributed by atoms with Gasteiger partial charge in [-0.3, -0.25) is 10.1 Å². The van der Waals surface area contributed by atoms with Crippen LogP contribution in [0.15, 0.2) is 18.3 Å². The van der Waals surface area contributed by atoms with E-state index in [9.17, 15) is 14.4 Å². The summed E-state index contributed by atoms with van der Waals surface area (Å²) in [5, 5.41) is 4.23. The minimum absolute atomic E-state index is 0.110. The monoisotopic (exact) mass is 295 g/mol. The lowest BCUT2D eigenvalue weighted by Crippen LogP contribution is -2.43. The first-order chi connectivity index (χ1) is 9.99. The van der Waals surface area contributed by atoms with Crippen LogP contribution in [0.25, 0.3) is 0 Å². The normalized spacial score (nSPS) is 11.2. The highest BCUT2D eigenvalue weighted by Crippen LogP contribution is 2.16. The Bertz CT molecular complexity index is 532. The number of ether oxygens (including phenoxy) is 2. The fraction of sp³-hybridized carbons (Fsp3) is 0.385. The van der Waals surface area contributed by atoms with E-state index in [1.165, 1.54) is 26.2 Å². The van der Waals surface area contributed by atoms with Crippen molar-refractivity contribution in [3.8, 4) is 5.88 Å². The number of aromatic nitrogens is 1. The molecule has 1 atom stereocenters. The fourth-order valence-corrected chi connectivity index (χ4v) is 1.35. The van der Waals surface area contributed by atoms with Gasteiger partial charge in [-0.2, -0.15) is 0 Å². The molecule has 0 saturated carbocycles. The number of carbonyl (C=O) groups is 3. The maximum absolute atomic E-state index is 12.0. The van der Waals surface area contributed by atoms with Crippen LogP contribution in [0.2, 0.25) is 0 Å². The van der Waals surface area contributed by atoms with Gasteiger partial charge < -0.3 is 14.8 Å². The summed E-state index contributed by atoms with van der Waals surface area (Å²) < 4.78 is 10.2. The van der Waals surface area contributed by atoms with Crippen molar-refractivity contribution in [3.05, 3.63) is 23.9 Å². The molecule has 0 aliphatic rings. The van der Waals surface area contributed by atoms with Crippen LogP contribution >= 0.6 is 0 Å². The second-order valence-corrected chi connectivity index (χ2v) is 3.91. The molecule has 0 fully saturated rings. The molecule has 1 heterocycles. The van der Waals surface area contributed by atoms with Gasteiger partial charge in [0.15, 0.2) is 6.10 Å². The first-order valence-electron chi connectivity index (χ1n) is 6.31. The molecule has 1 aromatic rings. The molecule has 0 radical (unpaired) electrons. The van der Waals surface area contributed by atoms with E-state index in [4.69, 9.17) is 9.47 Å². The summed E-state index contributed by atoms with van der Waals surface area (Å²) in [6.45, 7) is 3.44. The minimum atomic E-state index is -1.13. The number of carbonyl (C=O) groups excluding carboxylic acids is 3. The highest BCUT2D eigenvalue weighted by molar-refractivity contribution is 5.98. The Hall–Kier alpha value is -2.64. The third-order valence-electron chi connectivity index (χ3n) is 2.39. The van der Waals surface area contributed by atoms with Crippen molar-refractivity contribution in [1.29, 1.82) is 0 Å². The Labute approximate surface area is 121 Å². The topological polar surface area (TPSA) is 107 Å². The standard InChI is InChI=1S/C13H17N3O5/c1-4-20-11-9(6-5-7-15-11)12(18)21-8(2)10(17)16-13(19)14-3/h5-8H,4H2,1-3H3,(H2,14,16,17,19). The summed E-state index contributed by atoms with van der Waals surface area (Å²) in [5.41, 5.74) is 0.110. The highest BCUT2D eigenvalue weighted by Gasteiger charge is 2.22. The predicted octanol–water partition coefficient (Wildman–Crippen LogP) is 0.481. The van der Waals surface area contributed by atoms with Crippen LogP contribution in [-0.4, -0.2) is 42.7 Å². The lowest BCUT2D eigenvalue weighted by molar-refractivity contribution is -0.127. The SMILES string of the molecule is CCOc1ncccc1C(=O)OC(C)C(=O)NC(=O)NC. The largest absolute Gasteiger partial charge is 0.477 e. The zero-order chi connectivity index (χ0) is 15.8. The van der Waals surface area contributed by atoms with Crippen LogP contribution < -0.4 is 15.4 Å². The number of urea groups is 1. The molecule has 1 unspecified atom stereocenters. The summed E-state index contributed by atoms with van der Waals surface area (Å²) in [6.07, 6.45) is 0.341. The number of imide groups is 1. The number of esters is 1. The molecule has 8 heteroatoms. The van der Waals surface area contributed by atoms with E-state index in [0.29, 0.717) is 6.61 Å². The third kappa shape index (κ3) is 4.75. The summed E-state index contributed by atoms with van der Waals surface area (Å²) >= 11 is 0. The van der Waals surface area contributed by atoms with Gasteiger partial charge in [0.1, 0.15) is 5.56 Å². The molecule has 114 valence electrons. The smallest absolute Gasteiger partial charge is 0.344 e. The quantitative estimate of drug-likeness (QED) is 0.765. The number of nitrogens with zero attached hydrogens (tertiary/aromatic N) is 1.